The number of hydrogen-bond acceptors (Lipinski definition) is 4. The van der Waals surface area contributed by atoms with Crippen molar-refractivity contribution in [1.82, 2.24) is 24.9 Å². The van der Waals surface area contributed by atoms with E-state index in [4.69, 9.17) is 0 Å². The van der Waals surface area contributed by atoms with Crippen molar-refractivity contribution < 1.29 is 9.59 Å². The quantitative estimate of drug-likeness (QED) is 0.340. The number of amides is 2. The molecule has 0 aromatic heterocycles. The molecule has 0 saturated carbocycles. The van der Waals surface area contributed by atoms with E-state index in [2.05, 4.69) is 20.1 Å². The first-order chi connectivity index (χ1) is 13.1. The Labute approximate surface area is 185 Å². The molecule has 1 atom stereocenters. The van der Waals surface area contributed by atoms with Crippen molar-refractivity contribution in [2.24, 2.45) is 4.99 Å². The lowest BCUT2D eigenvalue weighted by Crippen LogP contribution is -2.57. The number of likely N-dealkylation sites (tertiary alicyclic amines) is 2. The van der Waals surface area contributed by atoms with E-state index in [-0.39, 0.29) is 41.8 Å². The molecule has 9 heteroatoms. The summed E-state index contributed by atoms with van der Waals surface area (Å²) in [4.78, 5) is 37.6. The smallest absolute Gasteiger partial charge is 0.241 e. The Bertz CT molecular complexity index is 553. The largest absolute Gasteiger partial charge is 0.347 e. The van der Waals surface area contributed by atoms with Crippen LogP contribution < -0.4 is 5.32 Å². The molecular weight excluding hydrogens is 471 g/mol. The fraction of sp³-hybridized carbons (Fsp3) is 0.842. The lowest BCUT2D eigenvalue weighted by atomic mass is 10.2. The Balaban J connectivity index is 0.00000280. The SMILES string of the molecule is CN=C(NCC(=O)N1CCCC1)N1CCN(C(C)C(=O)N2CCCC2)CC1.I. The van der Waals surface area contributed by atoms with Crippen LogP contribution in [0.25, 0.3) is 0 Å². The average Bonchev–Trinajstić information content (AvgIpc) is 3.41. The molecule has 160 valence electrons. The molecule has 1 unspecified atom stereocenters. The first kappa shape index (κ1) is 23.2. The summed E-state index contributed by atoms with van der Waals surface area (Å²) in [6.07, 6.45) is 4.47. The highest BCUT2D eigenvalue weighted by molar-refractivity contribution is 14.0. The van der Waals surface area contributed by atoms with Crippen molar-refractivity contribution in [2.75, 3.05) is 66.0 Å². The maximum Gasteiger partial charge on any atom is 0.241 e. The lowest BCUT2D eigenvalue weighted by Gasteiger charge is -2.39. The zero-order chi connectivity index (χ0) is 19.2. The van der Waals surface area contributed by atoms with Gasteiger partial charge in [0, 0.05) is 59.4 Å². The third-order valence-corrected chi connectivity index (χ3v) is 6.00. The fourth-order valence-electron chi connectivity index (χ4n) is 4.24. The molecule has 3 aliphatic rings. The maximum atomic E-state index is 12.6. The highest BCUT2D eigenvalue weighted by Crippen LogP contribution is 2.14. The van der Waals surface area contributed by atoms with Gasteiger partial charge in [0.1, 0.15) is 0 Å². The van der Waals surface area contributed by atoms with E-state index in [1.165, 1.54) is 0 Å². The minimum atomic E-state index is -0.0584. The number of rotatable bonds is 4. The first-order valence-corrected chi connectivity index (χ1v) is 10.4. The van der Waals surface area contributed by atoms with Crippen LogP contribution in [0.3, 0.4) is 0 Å². The second kappa shape index (κ2) is 11.2. The minimum absolute atomic E-state index is 0. The van der Waals surface area contributed by atoms with Gasteiger partial charge < -0.3 is 20.0 Å². The van der Waals surface area contributed by atoms with Crippen LogP contribution in [0.2, 0.25) is 0 Å². The van der Waals surface area contributed by atoms with Gasteiger partial charge in [0.25, 0.3) is 0 Å². The molecule has 2 amide bonds. The van der Waals surface area contributed by atoms with Crippen molar-refractivity contribution >= 4 is 41.8 Å². The number of carbonyl (C=O) groups excluding carboxylic acids is 2. The number of aliphatic imine (C=N–C) groups is 1. The molecule has 3 saturated heterocycles. The number of nitrogens with zero attached hydrogens (tertiary/aromatic N) is 5. The summed E-state index contributed by atoms with van der Waals surface area (Å²) in [5.74, 6) is 1.19. The molecule has 8 nitrogen and oxygen atoms in total. The van der Waals surface area contributed by atoms with E-state index in [1.54, 1.807) is 7.05 Å². The van der Waals surface area contributed by atoms with E-state index in [0.717, 1.165) is 84.0 Å². The van der Waals surface area contributed by atoms with Gasteiger partial charge in [-0.25, -0.2) is 0 Å². The number of halogens is 1. The number of carbonyl (C=O) groups is 2. The summed E-state index contributed by atoms with van der Waals surface area (Å²) in [6, 6.07) is -0.0584. The third kappa shape index (κ3) is 5.71. The van der Waals surface area contributed by atoms with E-state index in [0.29, 0.717) is 6.54 Å². The molecule has 0 aromatic carbocycles. The van der Waals surface area contributed by atoms with Crippen LogP contribution in [-0.2, 0) is 9.59 Å². The molecule has 0 spiro atoms. The molecule has 0 radical (unpaired) electrons. The zero-order valence-electron chi connectivity index (χ0n) is 17.2. The summed E-state index contributed by atoms with van der Waals surface area (Å²) >= 11 is 0. The first-order valence-electron chi connectivity index (χ1n) is 10.4. The van der Waals surface area contributed by atoms with Crippen molar-refractivity contribution in [2.45, 2.75) is 38.6 Å². The van der Waals surface area contributed by atoms with Crippen molar-refractivity contribution in [3.63, 3.8) is 0 Å². The molecule has 3 aliphatic heterocycles. The van der Waals surface area contributed by atoms with Crippen molar-refractivity contribution in [1.29, 1.82) is 0 Å². The van der Waals surface area contributed by atoms with Crippen LogP contribution >= 0.6 is 24.0 Å². The highest BCUT2D eigenvalue weighted by Gasteiger charge is 2.30. The average molecular weight is 506 g/mol. The van der Waals surface area contributed by atoms with E-state index in [9.17, 15) is 9.59 Å². The van der Waals surface area contributed by atoms with Crippen LogP contribution in [0.4, 0.5) is 0 Å². The van der Waals surface area contributed by atoms with Gasteiger partial charge in [-0.3, -0.25) is 19.5 Å². The highest BCUT2D eigenvalue weighted by atomic mass is 127. The second-order valence-corrected chi connectivity index (χ2v) is 7.72. The summed E-state index contributed by atoms with van der Waals surface area (Å²) in [7, 11) is 1.76. The van der Waals surface area contributed by atoms with Gasteiger partial charge in [-0.1, -0.05) is 0 Å². The van der Waals surface area contributed by atoms with Gasteiger partial charge in [0.15, 0.2) is 5.96 Å². The number of guanidine groups is 1. The van der Waals surface area contributed by atoms with Gasteiger partial charge in [-0.05, 0) is 32.6 Å². The fourth-order valence-corrected chi connectivity index (χ4v) is 4.24. The van der Waals surface area contributed by atoms with Crippen molar-refractivity contribution in [3.8, 4) is 0 Å². The van der Waals surface area contributed by atoms with Gasteiger partial charge in [0.05, 0.1) is 12.6 Å². The standard InChI is InChI=1S/C19H34N6O2.HI/c1-16(18(27)24-9-5-6-10-24)22-11-13-25(14-12-22)19(20-2)21-15-17(26)23-7-3-4-8-23;/h16H,3-15H2,1-2H3,(H,20,21);1H. The Kier molecular flexibility index (Phi) is 9.26. The molecule has 3 rings (SSSR count). The Morgan fingerprint density at radius 1 is 0.857 bits per heavy atom. The molecule has 3 fully saturated rings. The minimum Gasteiger partial charge on any atom is -0.347 e. The predicted octanol–water partition coefficient (Wildman–Crippen LogP) is 0.431. The van der Waals surface area contributed by atoms with Gasteiger partial charge in [-0.15, -0.1) is 24.0 Å². The molecule has 0 bridgehead atoms. The Hall–Kier alpha value is -1.10. The van der Waals surface area contributed by atoms with E-state index < -0.39 is 0 Å². The monoisotopic (exact) mass is 506 g/mol. The predicted molar refractivity (Wildman–Crippen MR) is 121 cm³/mol. The van der Waals surface area contributed by atoms with Crippen molar-refractivity contribution in [3.05, 3.63) is 0 Å². The Morgan fingerprint density at radius 3 is 1.93 bits per heavy atom. The van der Waals surface area contributed by atoms with Crippen LogP contribution in [0.1, 0.15) is 32.6 Å². The lowest BCUT2D eigenvalue weighted by molar-refractivity contribution is -0.135. The summed E-state index contributed by atoms with van der Waals surface area (Å²) in [5.41, 5.74) is 0. The number of piperazine rings is 1. The maximum absolute atomic E-state index is 12.6. The summed E-state index contributed by atoms with van der Waals surface area (Å²) in [6.45, 7) is 9.19. The molecule has 28 heavy (non-hydrogen) atoms. The molecule has 3 heterocycles. The summed E-state index contributed by atoms with van der Waals surface area (Å²) in [5, 5.41) is 3.22. The molecular formula is C19H35IN6O2. The Morgan fingerprint density at radius 2 is 1.39 bits per heavy atom. The van der Waals surface area contributed by atoms with Gasteiger partial charge in [0.2, 0.25) is 11.8 Å². The molecule has 0 aromatic rings. The van der Waals surface area contributed by atoms with E-state index >= 15 is 0 Å². The number of hydrogen-bond donors (Lipinski definition) is 1. The molecule has 0 aliphatic carbocycles. The molecule has 1 N–H and O–H groups in total. The van der Waals surface area contributed by atoms with Crippen LogP contribution in [0, 0.1) is 0 Å². The van der Waals surface area contributed by atoms with Crippen LogP contribution in [0.5, 0.6) is 0 Å². The van der Waals surface area contributed by atoms with E-state index in [1.807, 2.05) is 16.7 Å². The van der Waals surface area contributed by atoms with Crippen LogP contribution in [-0.4, -0.2) is 109 Å². The third-order valence-electron chi connectivity index (χ3n) is 6.00. The van der Waals surface area contributed by atoms with Gasteiger partial charge in [-0.2, -0.15) is 0 Å². The number of nitrogens with one attached hydrogen (secondary N) is 1. The van der Waals surface area contributed by atoms with Gasteiger partial charge >= 0.3 is 0 Å². The summed E-state index contributed by atoms with van der Waals surface area (Å²) < 4.78 is 0. The second-order valence-electron chi connectivity index (χ2n) is 7.72. The normalized spacial score (nSPS) is 22.2. The zero-order valence-corrected chi connectivity index (χ0v) is 19.6. The van der Waals surface area contributed by atoms with Crippen LogP contribution in [0.15, 0.2) is 4.99 Å². The topological polar surface area (TPSA) is 71.5 Å².